The molecule has 0 bridgehead atoms. The standard InChI is InChI=1S/B2O2/c3-1-2-4. The molecule has 0 radical (unpaired) electrons. The van der Waals surface area contributed by atoms with Crippen LogP contribution in [0.2, 0.25) is 0 Å². The molecule has 0 aliphatic heterocycles. The Morgan fingerprint density at radius 1 is 1.00 bits per heavy atom. The molecule has 0 aliphatic carbocycles. The average molecular weight is 53.6 g/mol. The first-order chi connectivity index (χ1) is 1.91. The summed E-state index contributed by atoms with van der Waals surface area (Å²) in [5.74, 6) is 0. The van der Waals surface area contributed by atoms with Crippen LogP contribution in [0.3, 0.4) is 0 Å². The van der Waals surface area contributed by atoms with Crippen molar-refractivity contribution in [2.24, 2.45) is 0 Å². The minimum atomic E-state index is 0.194. The van der Waals surface area contributed by atoms with Crippen LogP contribution in [0.25, 0.3) is 0 Å². The van der Waals surface area contributed by atoms with Crippen molar-refractivity contribution in [3.05, 3.63) is 0 Å². The van der Waals surface area contributed by atoms with E-state index in [2.05, 4.69) is 0 Å². The molecule has 4 heavy (non-hydrogen) atoms. The third kappa shape index (κ3) is 1.73. The first kappa shape index (κ1) is 3.73. The summed E-state index contributed by atoms with van der Waals surface area (Å²) in [5.41, 5.74) is 0. The van der Waals surface area contributed by atoms with Gasteiger partial charge < -0.3 is 0 Å². The van der Waals surface area contributed by atoms with Gasteiger partial charge in [-0.15, -0.1) is 0 Å². The Hall–Kier alpha value is -0.270. The Morgan fingerprint density at radius 2 is 1.25 bits per heavy atom. The summed E-state index contributed by atoms with van der Waals surface area (Å²) in [5, 5.41) is 0. The molecule has 0 atom stereocenters. The van der Waals surface area contributed by atoms with E-state index in [0.29, 0.717) is 0 Å². The van der Waals surface area contributed by atoms with Crippen molar-refractivity contribution >= 4 is 14.1 Å². The van der Waals surface area contributed by atoms with Gasteiger partial charge in [-0.05, 0) is 0 Å². The van der Waals surface area contributed by atoms with Gasteiger partial charge in [0, 0.05) is 0 Å². The van der Waals surface area contributed by atoms with Gasteiger partial charge in [-0.1, -0.05) is 0 Å². The van der Waals surface area contributed by atoms with Crippen molar-refractivity contribution in [3.63, 3.8) is 0 Å². The third-order valence-electron chi connectivity index (χ3n) is 0.0556. The molecule has 0 aromatic carbocycles. The van der Waals surface area contributed by atoms with Crippen LogP contribution < -0.4 is 0 Å². The fourth-order valence-corrected chi connectivity index (χ4v) is 0. The van der Waals surface area contributed by atoms with E-state index in [1.54, 1.807) is 0 Å². The van der Waals surface area contributed by atoms with E-state index in [0.717, 1.165) is 0 Å². The molecule has 18 valence electrons. The summed E-state index contributed by atoms with van der Waals surface area (Å²) < 4.78 is 17.6. The van der Waals surface area contributed by atoms with Crippen LogP contribution in [0, 0.1) is 0 Å². The van der Waals surface area contributed by atoms with Crippen molar-refractivity contribution in [1.29, 1.82) is 0 Å². The van der Waals surface area contributed by atoms with Crippen LogP contribution in [0.15, 0.2) is 0 Å². The normalized spacial score (nSPS) is 3.00. The molecule has 0 saturated carbocycles. The molecule has 0 aliphatic rings. The molecule has 0 spiro atoms. The van der Waals surface area contributed by atoms with Crippen LogP contribution in [-0.2, 0) is 9.41 Å². The quantitative estimate of drug-likeness (QED) is 0.359. The second-order valence-electron chi connectivity index (χ2n) is 0.272. The summed E-state index contributed by atoms with van der Waals surface area (Å²) in [4.78, 5) is 0. The fourth-order valence-electron chi connectivity index (χ4n) is 0. The summed E-state index contributed by atoms with van der Waals surface area (Å²) in [6.45, 7) is 0. The van der Waals surface area contributed by atoms with Crippen LogP contribution in [0.4, 0.5) is 0 Å². The summed E-state index contributed by atoms with van der Waals surface area (Å²) in [7, 11) is 0.389. The summed E-state index contributed by atoms with van der Waals surface area (Å²) >= 11 is 0. The summed E-state index contributed by atoms with van der Waals surface area (Å²) in [6.07, 6.45) is 0. The van der Waals surface area contributed by atoms with Gasteiger partial charge in [0.25, 0.3) is 0 Å². The predicted molar refractivity (Wildman–Crippen MR) is 12.9 cm³/mol. The average Bonchev–Trinajstić information content (AvgIpc) is 1.37. The van der Waals surface area contributed by atoms with E-state index in [4.69, 9.17) is 9.41 Å². The maximum absolute atomic E-state index is 8.81. The van der Waals surface area contributed by atoms with Crippen LogP contribution >= 0.6 is 0 Å². The van der Waals surface area contributed by atoms with Crippen molar-refractivity contribution in [1.82, 2.24) is 0 Å². The van der Waals surface area contributed by atoms with Crippen LogP contribution in [0.5, 0.6) is 0 Å². The molecule has 0 rings (SSSR count). The summed E-state index contributed by atoms with van der Waals surface area (Å²) in [6, 6.07) is 0. The molecule has 0 unspecified atom stereocenters. The zero-order valence-electron chi connectivity index (χ0n) is 1.97. The van der Waals surface area contributed by atoms with Gasteiger partial charge in [-0.3, -0.25) is 0 Å². The zero-order chi connectivity index (χ0) is 3.41. The Balaban J connectivity index is 2.73. The van der Waals surface area contributed by atoms with Crippen molar-refractivity contribution in [2.75, 3.05) is 0 Å². The predicted octanol–water partition coefficient (Wildman–Crippen LogP) is -0.999. The topological polar surface area (TPSA) is 34.1 Å². The molecule has 0 fully saturated rings. The van der Waals surface area contributed by atoms with Gasteiger partial charge in [0.1, 0.15) is 0 Å². The van der Waals surface area contributed by atoms with Gasteiger partial charge in [-0.25, -0.2) is 0 Å². The van der Waals surface area contributed by atoms with E-state index in [-0.39, 0.29) is 14.1 Å². The first-order valence-corrected chi connectivity index (χ1v) is 0.805. The minimum absolute atomic E-state index is 0.194. The monoisotopic (exact) mass is 54.0 g/mol. The molecule has 0 aromatic heterocycles. The van der Waals surface area contributed by atoms with Crippen molar-refractivity contribution < 1.29 is 9.41 Å². The molecule has 0 aromatic rings. The second kappa shape index (κ2) is 2.73. The SMILES string of the molecule is O=BB=O. The zero-order valence-corrected chi connectivity index (χ0v) is 1.97. The maximum atomic E-state index is 8.81. The molecule has 0 N–H and O–H groups in total. The van der Waals surface area contributed by atoms with Crippen molar-refractivity contribution in [2.45, 2.75) is 0 Å². The van der Waals surface area contributed by atoms with E-state index < -0.39 is 0 Å². The van der Waals surface area contributed by atoms with Gasteiger partial charge in [0.2, 0.25) is 0 Å². The van der Waals surface area contributed by atoms with E-state index >= 15 is 0 Å². The Kier molecular flexibility index (Phi) is 2.55. The second-order valence-corrected chi connectivity index (χ2v) is 0.272. The molecular formula is B2O2. The van der Waals surface area contributed by atoms with Gasteiger partial charge in [0.05, 0.1) is 0 Å². The van der Waals surface area contributed by atoms with Gasteiger partial charge in [-0.2, -0.15) is 0 Å². The Bertz CT molecular complexity index is 25.0. The molecule has 0 saturated heterocycles. The molecular weight excluding hydrogens is 53.6 g/mol. The first-order valence-electron chi connectivity index (χ1n) is 0.805. The third-order valence-corrected chi connectivity index (χ3v) is 0.0556. The van der Waals surface area contributed by atoms with Gasteiger partial charge >= 0.3 is 23.5 Å². The molecule has 4 heteroatoms. The fraction of sp³-hybridized carbons (Fsp3) is 0. The number of rotatable bonds is 1. The number of hydrogen-bond acceptors (Lipinski definition) is 2. The number of hydrogen-bond donors (Lipinski definition) is 0. The van der Waals surface area contributed by atoms with Crippen LogP contribution in [-0.4, -0.2) is 14.1 Å². The van der Waals surface area contributed by atoms with E-state index in [9.17, 15) is 0 Å². The van der Waals surface area contributed by atoms with E-state index in [1.807, 2.05) is 0 Å². The van der Waals surface area contributed by atoms with Crippen LogP contribution in [0.1, 0.15) is 0 Å². The molecule has 0 heterocycles. The Morgan fingerprint density at radius 3 is 1.25 bits per heavy atom. The van der Waals surface area contributed by atoms with E-state index in [1.165, 1.54) is 0 Å². The van der Waals surface area contributed by atoms with Gasteiger partial charge in [0.15, 0.2) is 0 Å². The Labute approximate surface area is 24.7 Å². The molecule has 0 amide bonds. The molecule has 2 nitrogen and oxygen atoms in total. The van der Waals surface area contributed by atoms with Crippen molar-refractivity contribution in [3.8, 4) is 0 Å².